The Hall–Kier alpha value is -1.68. The van der Waals surface area contributed by atoms with E-state index >= 15 is 0 Å². The molecule has 0 saturated carbocycles. The lowest BCUT2D eigenvalue weighted by molar-refractivity contribution is -0.190. The van der Waals surface area contributed by atoms with Crippen LogP contribution in [0.4, 0.5) is 0 Å². The summed E-state index contributed by atoms with van der Waals surface area (Å²) < 4.78 is 32.9. The van der Waals surface area contributed by atoms with Crippen LogP contribution in [0.3, 0.4) is 0 Å². The van der Waals surface area contributed by atoms with Crippen molar-refractivity contribution in [1.82, 2.24) is 4.90 Å². The van der Waals surface area contributed by atoms with Gasteiger partial charge in [0.2, 0.25) is 12.2 Å². The number of fused-ring (bicyclic) bond motifs is 1. The van der Waals surface area contributed by atoms with Gasteiger partial charge in [-0.05, 0) is 13.8 Å². The summed E-state index contributed by atoms with van der Waals surface area (Å²) in [5.74, 6) is -2.23. The molecule has 1 unspecified atom stereocenters. The molecule has 0 bridgehead atoms. The molecule has 0 aromatic carbocycles. The number of esters is 2. The zero-order valence-corrected chi connectivity index (χ0v) is 13.4. The van der Waals surface area contributed by atoms with Crippen molar-refractivity contribution >= 4 is 27.7 Å². The molecule has 2 rings (SSSR count). The van der Waals surface area contributed by atoms with Gasteiger partial charge in [0.05, 0.1) is 0 Å². The number of amides is 1. The van der Waals surface area contributed by atoms with Gasteiger partial charge in [0.1, 0.15) is 16.8 Å². The minimum atomic E-state index is -3.83. The van der Waals surface area contributed by atoms with Gasteiger partial charge in [-0.25, -0.2) is 13.2 Å². The molecule has 0 aromatic rings. The molecule has 4 atom stereocenters. The van der Waals surface area contributed by atoms with Crippen molar-refractivity contribution in [3.8, 4) is 0 Å². The first-order valence-corrected chi connectivity index (χ1v) is 8.16. The Bertz CT molecular complexity index is 642. The van der Waals surface area contributed by atoms with Crippen LogP contribution in [0, 0.1) is 0 Å². The zero-order chi connectivity index (χ0) is 17.0. The predicted octanol–water partition coefficient (Wildman–Crippen LogP) is -1.49. The smallest absolute Gasteiger partial charge is 0.333 e. The molecule has 0 aromatic heterocycles. The second-order valence-electron chi connectivity index (χ2n) is 5.83. The van der Waals surface area contributed by atoms with E-state index in [1.54, 1.807) is 0 Å². The van der Waals surface area contributed by atoms with Crippen LogP contribution in [0.15, 0.2) is 0 Å². The SMILES string of the molecule is CC(=O)OC(C)OC(=O)[C@@H]1N2C(=O)[C@@H](N)[C@H]2S(=O)(=O)C1(C)C. The van der Waals surface area contributed by atoms with Crippen LogP contribution in [0.2, 0.25) is 0 Å². The van der Waals surface area contributed by atoms with Gasteiger partial charge in [-0.3, -0.25) is 9.59 Å². The Balaban J connectivity index is 2.28. The first-order valence-electron chi connectivity index (χ1n) is 6.62. The lowest BCUT2D eigenvalue weighted by atomic mass is 9.96. The topological polar surface area (TPSA) is 133 Å². The highest BCUT2D eigenvalue weighted by Crippen LogP contribution is 2.45. The monoisotopic (exact) mass is 334 g/mol. The third kappa shape index (κ3) is 2.09. The molecule has 0 aliphatic carbocycles. The molecule has 2 aliphatic rings. The number of sulfone groups is 1. The first-order chi connectivity index (χ1) is 9.92. The Labute approximate surface area is 127 Å². The van der Waals surface area contributed by atoms with E-state index in [2.05, 4.69) is 4.74 Å². The maximum Gasteiger partial charge on any atom is 0.333 e. The second-order valence-corrected chi connectivity index (χ2v) is 8.45. The van der Waals surface area contributed by atoms with Crippen LogP contribution in [0.25, 0.3) is 0 Å². The van der Waals surface area contributed by atoms with E-state index in [-0.39, 0.29) is 0 Å². The summed E-state index contributed by atoms with van der Waals surface area (Å²) in [6, 6.07) is -2.50. The summed E-state index contributed by atoms with van der Waals surface area (Å²) in [5.41, 5.74) is 5.54. The molecular formula is C12H18N2O7S. The normalized spacial score (nSPS) is 32.7. The fourth-order valence-electron chi connectivity index (χ4n) is 2.81. The molecule has 10 heteroatoms. The molecule has 2 fully saturated rings. The van der Waals surface area contributed by atoms with E-state index < -0.39 is 56.2 Å². The van der Waals surface area contributed by atoms with Gasteiger partial charge in [-0.15, -0.1) is 0 Å². The van der Waals surface area contributed by atoms with Gasteiger partial charge < -0.3 is 20.1 Å². The molecule has 2 N–H and O–H groups in total. The maximum atomic E-state index is 12.4. The van der Waals surface area contributed by atoms with Gasteiger partial charge in [-0.1, -0.05) is 0 Å². The number of carbonyl (C=O) groups is 3. The van der Waals surface area contributed by atoms with Gasteiger partial charge >= 0.3 is 11.9 Å². The molecule has 1 amide bonds. The molecule has 0 spiro atoms. The number of hydrogen-bond acceptors (Lipinski definition) is 8. The Morgan fingerprint density at radius 1 is 1.32 bits per heavy atom. The summed E-state index contributed by atoms with van der Waals surface area (Å²) in [6.07, 6.45) is -1.19. The minimum absolute atomic E-state index is 0.624. The summed E-state index contributed by atoms with van der Waals surface area (Å²) in [5, 5.41) is -1.23. The summed E-state index contributed by atoms with van der Waals surface area (Å²) >= 11 is 0. The highest BCUT2D eigenvalue weighted by molar-refractivity contribution is 7.94. The van der Waals surface area contributed by atoms with Gasteiger partial charge in [0.25, 0.3) is 0 Å². The number of rotatable bonds is 3. The number of nitrogens with two attached hydrogens (primary N) is 1. The molecule has 2 heterocycles. The molecule has 22 heavy (non-hydrogen) atoms. The minimum Gasteiger partial charge on any atom is -0.426 e. The van der Waals surface area contributed by atoms with Crippen molar-refractivity contribution in [3.05, 3.63) is 0 Å². The van der Waals surface area contributed by atoms with E-state index in [0.717, 1.165) is 11.8 Å². The van der Waals surface area contributed by atoms with Crippen molar-refractivity contribution in [2.75, 3.05) is 0 Å². The zero-order valence-electron chi connectivity index (χ0n) is 12.6. The predicted molar refractivity (Wildman–Crippen MR) is 72.7 cm³/mol. The average molecular weight is 334 g/mol. The van der Waals surface area contributed by atoms with Crippen LogP contribution in [0.1, 0.15) is 27.7 Å². The Morgan fingerprint density at radius 3 is 2.36 bits per heavy atom. The Morgan fingerprint density at radius 2 is 1.86 bits per heavy atom. The lowest BCUT2D eigenvalue weighted by Crippen LogP contribution is -2.70. The summed E-state index contributed by atoms with van der Waals surface area (Å²) in [7, 11) is -3.83. The lowest BCUT2D eigenvalue weighted by Gasteiger charge is -2.41. The van der Waals surface area contributed by atoms with Crippen molar-refractivity contribution in [2.24, 2.45) is 5.73 Å². The van der Waals surface area contributed by atoms with Gasteiger partial charge in [0, 0.05) is 13.8 Å². The van der Waals surface area contributed by atoms with E-state index in [4.69, 9.17) is 10.5 Å². The fraction of sp³-hybridized carbons (Fsp3) is 0.750. The molecular weight excluding hydrogens is 316 g/mol. The quantitative estimate of drug-likeness (QED) is 0.375. The van der Waals surface area contributed by atoms with Crippen LogP contribution >= 0.6 is 0 Å². The van der Waals surface area contributed by atoms with Crippen LogP contribution < -0.4 is 5.73 Å². The molecule has 124 valence electrons. The largest absolute Gasteiger partial charge is 0.426 e. The highest BCUT2D eigenvalue weighted by atomic mass is 32.2. The second kappa shape index (κ2) is 4.92. The number of nitrogens with zero attached hydrogens (tertiary/aromatic N) is 1. The van der Waals surface area contributed by atoms with E-state index in [1.807, 2.05) is 0 Å². The molecule has 2 saturated heterocycles. The van der Waals surface area contributed by atoms with Gasteiger partial charge in [0.15, 0.2) is 15.2 Å². The highest BCUT2D eigenvalue weighted by Gasteiger charge is 2.71. The van der Waals surface area contributed by atoms with Crippen LogP contribution in [-0.4, -0.2) is 59.7 Å². The number of ether oxygens (including phenoxy) is 2. The third-order valence-electron chi connectivity index (χ3n) is 3.95. The van der Waals surface area contributed by atoms with E-state index in [0.29, 0.717) is 0 Å². The fourth-order valence-corrected chi connectivity index (χ4v) is 4.98. The van der Waals surface area contributed by atoms with E-state index in [9.17, 15) is 22.8 Å². The molecule has 0 radical (unpaired) electrons. The van der Waals surface area contributed by atoms with Crippen LogP contribution in [-0.2, 0) is 33.7 Å². The average Bonchev–Trinajstić information content (AvgIpc) is 2.49. The number of β-lactam (4-membered cyclic amide) rings is 1. The Kier molecular flexibility index (Phi) is 3.73. The first kappa shape index (κ1) is 16.7. The standard InChI is InChI=1S/C12H18N2O7S/c1-5(15)20-6(2)21-11(17)8-12(3,4)22(18,19)10-7(13)9(16)14(8)10/h6-8,10H,13H2,1-4H3/t6?,7-,8+,10-/m1/s1. The maximum absolute atomic E-state index is 12.4. The number of carbonyl (C=O) groups excluding carboxylic acids is 3. The number of hydrogen-bond donors (Lipinski definition) is 1. The summed E-state index contributed by atoms with van der Waals surface area (Å²) in [6.45, 7) is 5.13. The van der Waals surface area contributed by atoms with Crippen LogP contribution in [0.5, 0.6) is 0 Å². The van der Waals surface area contributed by atoms with Crippen molar-refractivity contribution < 1.29 is 32.3 Å². The van der Waals surface area contributed by atoms with Gasteiger partial charge in [-0.2, -0.15) is 0 Å². The van der Waals surface area contributed by atoms with Crippen molar-refractivity contribution in [1.29, 1.82) is 0 Å². The molecule has 9 nitrogen and oxygen atoms in total. The molecule has 2 aliphatic heterocycles. The summed E-state index contributed by atoms with van der Waals surface area (Å²) in [4.78, 5) is 35.9. The van der Waals surface area contributed by atoms with E-state index in [1.165, 1.54) is 20.8 Å². The third-order valence-corrected chi connectivity index (χ3v) is 6.79. The van der Waals surface area contributed by atoms with Crippen molar-refractivity contribution in [2.45, 2.75) is 56.2 Å². The van der Waals surface area contributed by atoms with Crippen molar-refractivity contribution in [3.63, 3.8) is 0 Å².